The van der Waals surface area contributed by atoms with Gasteiger partial charge in [-0.3, -0.25) is 5.10 Å². The number of nitrogens with one attached hydrogen (secondary N) is 2. The number of H-pyrrole nitrogens is 1. The van der Waals surface area contributed by atoms with E-state index in [4.69, 9.17) is 5.73 Å². The van der Waals surface area contributed by atoms with Crippen LogP contribution in [0.2, 0.25) is 0 Å². The molecule has 0 aliphatic carbocycles. The molecule has 0 aliphatic rings. The molecule has 4 N–H and O–H groups in total. The molecule has 0 radical (unpaired) electrons. The maximum absolute atomic E-state index is 11.9. The number of nitrogens with zero attached hydrogens (tertiary/aromatic N) is 1. The van der Waals surface area contributed by atoms with Gasteiger partial charge in [0.05, 0.1) is 11.9 Å². The maximum atomic E-state index is 11.9. The van der Waals surface area contributed by atoms with E-state index >= 15 is 0 Å². The molecule has 2 aromatic rings. The van der Waals surface area contributed by atoms with Gasteiger partial charge in [-0.05, 0) is 19.1 Å². The molecule has 1 aromatic carbocycles. The predicted octanol–water partition coefficient (Wildman–Crippen LogP) is 1.51. The highest BCUT2D eigenvalue weighted by molar-refractivity contribution is 8.00. The van der Waals surface area contributed by atoms with Crippen molar-refractivity contribution in [2.75, 3.05) is 17.2 Å². The van der Waals surface area contributed by atoms with E-state index in [1.807, 2.05) is 25.1 Å². The Balaban J connectivity index is 1.82. The third-order valence-electron chi connectivity index (χ3n) is 2.95. The lowest BCUT2D eigenvalue weighted by molar-refractivity contribution is 0.583. The van der Waals surface area contributed by atoms with Crippen molar-refractivity contribution >= 4 is 27.5 Å². The molecule has 0 unspecified atom stereocenters. The van der Waals surface area contributed by atoms with Crippen LogP contribution in [0, 0.1) is 6.92 Å². The molecule has 0 aliphatic heterocycles. The summed E-state index contributed by atoms with van der Waals surface area (Å²) in [6.45, 7) is 2.10. The number of aryl methyl sites for hydroxylation is 1. The highest BCUT2D eigenvalue weighted by atomic mass is 32.2. The quantitative estimate of drug-likeness (QED) is 0.529. The number of hydrogen-bond donors (Lipinski definition) is 3. The van der Waals surface area contributed by atoms with Gasteiger partial charge < -0.3 is 5.73 Å². The Morgan fingerprint density at radius 2 is 2.14 bits per heavy atom. The van der Waals surface area contributed by atoms with Crippen LogP contribution < -0.4 is 10.5 Å². The zero-order valence-corrected chi connectivity index (χ0v) is 13.3. The maximum Gasteiger partial charge on any atom is 0.212 e. The summed E-state index contributed by atoms with van der Waals surface area (Å²) in [6.07, 6.45) is 1.62. The van der Waals surface area contributed by atoms with Gasteiger partial charge in [0.1, 0.15) is 0 Å². The number of para-hydroxylation sites is 1. The van der Waals surface area contributed by atoms with Crippen molar-refractivity contribution in [2.24, 2.45) is 0 Å². The predicted molar refractivity (Wildman–Crippen MR) is 85.5 cm³/mol. The zero-order valence-electron chi connectivity index (χ0n) is 11.7. The molecule has 0 bridgehead atoms. The summed E-state index contributed by atoms with van der Waals surface area (Å²) in [4.78, 5) is 0.901. The van der Waals surface area contributed by atoms with Gasteiger partial charge in [-0.25, -0.2) is 13.1 Å². The Morgan fingerprint density at radius 3 is 2.81 bits per heavy atom. The van der Waals surface area contributed by atoms with Crippen molar-refractivity contribution in [3.05, 3.63) is 41.7 Å². The number of aromatic amines is 1. The molecule has 0 fully saturated rings. The van der Waals surface area contributed by atoms with Crippen LogP contribution in [0.1, 0.15) is 11.3 Å². The smallest absolute Gasteiger partial charge is 0.212 e. The van der Waals surface area contributed by atoms with Crippen LogP contribution in [0.4, 0.5) is 5.69 Å². The Bertz CT molecular complexity index is 698. The van der Waals surface area contributed by atoms with Gasteiger partial charge in [0.15, 0.2) is 0 Å². The molecule has 21 heavy (non-hydrogen) atoms. The molecule has 0 spiro atoms. The molecule has 0 saturated heterocycles. The molecule has 114 valence electrons. The summed E-state index contributed by atoms with van der Waals surface area (Å²) in [7, 11) is -3.31. The number of thioether (sulfide) groups is 1. The third-order valence-corrected chi connectivity index (χ3v) is 5.62. The van der Waals surface area contributed by atoms with E-state index in [0.29, 0.717) is 11.4 Å². The lowest BCUT2D eigenvalue weighted by Gasteiger charge is -2.07. The number of nitrogen functional groups attached to an aromatic ring is 1. The number of hydrogen-bond acceptors (Lipinski definition) is 5. The SMILES string of the molecule is Cc1[nH]ncc1CNS(=O)(=O)CCSc1ccccc1N. The summed E-state index contributed by atoms with van der Waals surface area (Å²) in [5.41, 5.74) is 8.19. The van der Waals surface area contributed by atoms with E-state index in [2.05, 4.69) is 14.9 Å². The second-order valence-electron chi connectivity index (χ2n) is 4.55. The summed E-state index contributed by atoms with van der Waals surface area (Å²) in [5, 5.41) is 6.63. The minimum absolute atomic E-state index is 0.0445. The van der Waals surface area contributed by atoms with Gasteiger partial charge >= 0.3 is 0 Å². The van der Waals surface area contributed by atoms with Gasteiger partial charge in [-0.2, -0.15) is 5.10 Å². The normalized spacial score (nSPS) is 11.7. The second kappa shape index (κ2) is 6.97. The first-order valence-electron chi connectivity index (χ1n) is 6.41. The van der Waals surface area contributed by atoms with Gasteiger partial charge in [0.2, 0.25) is 10.0 Å². The van der Waals surface area contributed by atoms with Crippen LogP contribution in [0.3, 0.4) is 0 Å². The van der Waals surface area contributed by atoms with Gasteiger partial charge in [0, 0.05) is 34.1 Å². The summed E-state index contributed by atoms with van der Waals surface area (Å²) in [5.74, 6) is 0.497. The highest BCUT2D eigenvalue weighted by Crippen LogP contribution is 2.24. The first kappa shape index (κ1) is 15.9. The first-order chi connectivity index (χ1) is 9.98. The van der Waals surface area contributed by atoms with Crippen molar-refractivity contribution in [3.63, 3.8) is 0 Å². The average molecular weight is 326 g/mol. The Hall–Kier alpha value is -1.51. The number of sulfonamides is 1. The molecule has 6 nitrogen and oxygen atoms in total. The number of aromatic nitrogens is 2. The zero-order chi connectivity index (χ0) is 15.3. The van der Waals surface area contributed by atoms with Crippen LogP contribution >= 0.6 is 11.8 Å². The minimum atomic E-state index is -3.31. The molecule has 0 atom stereocenters. The van der Waals surface area contributed by atoms with Crippen LogP contribution in [0.25, 0.3) is 0 Å². The topological polar surface area (TPSA) is 101 Å². The van der Waals surface area contributed by atoms with Gasteiger partial charge in [0.25, 0.3) is 0 Å². The van der Waals surface area contributed by atoms with E-state index in [0.717, 1.165) is 16.2 Å². The number of benzene rings is 1. The average Bonchev–Trinajstić information content (AvgIpc) is 2.84. The van der Waals surface area contributed by atoms with E-state index in [-0.39, 0.29) is 12.3 Å². The second-order valence-corrected chi connectivity index (χ2v) is 7.61. The van der Waals surface area contributed by atoms with Crippen molar-refractivity contribution in [3.8, 4) is 0 Å². The fourth-order valence-electron chi connectivity index (χ4n) is 1.69. The van der Waals surface area contributed by atoms with Crippen molar-refractivity contribution < 1.29 is 8.42 Å². The van der Waals surface area contributed by atoms with Crippen molar-refractivity contribution in [2.45, 2.75) is 18.4 Å². The minimum Gasteiger partial charge on any atom is -0.398 e. The molecule has 8 heteroatoms. The molecule has 0 amide bonds. The summed E-state index contributed by atoms with van der Waals surface area (Å²) >= 11 is 1.44. The van der Waals surface area contributed by atoms with E-state index in [1.165, 1.54) is 11.8 Å². The monoisotopic (exact) mass is 326 g/mol. The summed E-state index contributed by atoms with van der Waals surface area (Å²) in [6, 6.07) is 7.42. The lowest BCUT2D eigenvalue weighted by atomic mass is 10.3. The van der Waals surface area contributed by atoms with Crippen LogP contribution in [0.15, 0.2) is 35.4 Å². The summed E-state index contributed by atoms with van der Waals surface area (Å²) < 4.78 is 26.4. The molecule has 1 heterocycles. The van der Waals surface area contributed by atoms with E-state index in [1.54, 1.807) is 12.3 Å². The van der Waals surface area contributed by atoms with Crippen LogP contribution in [0.5, 0.6) is 0 Å². The number of nitrogens with two attached hydrogens (primary N) is 1. The van der Waals surface area contributed by atoms with Crippen LogP contribution in [-0.4, -0.2) is 30.1 Å². The fraction of sp³-hybridized carbons (Fsp3) is 0.308. The third kappa shape index (κ3) is 4.76. The van der Waals surface area contributed by atoms with Gasteiger partial charge in [-0.15, -0.1) is 11.8 Å². The molecule has 2 rings (SSSR count). The number of anilines is 1. The standard InChI is InChI=1S/C13H18N4O2S2/c1-10-11(8-15-17-10)9-16-21(18,19)7-6-20-13-5-3-2-4-12(13)14/h2-5,8,16H,6-7,9,14H2,1H3,(H,15,17). The molecule has 0 saturated carbocycles. The van der Waals surface area contributed by atoms with E-state index in [9.17, 15) is 8.42 Å². The van der Waals surface area contributed by atoms with Crippen molar-refractivity contribution in [1.82, 2.24) is 14.9 Å². The highest BCUT2D eigenvalue weighted by Gasteiger charge is 2.12. The van der Waals surface area contributed by atoms with Crippen molar-refractivity contribution in [1.29, 1.82) is 0 Å². The largest absolute Gasteiger partial charge is 0.398 e. The first-order valence-corrected chi connectivity index (χ1v) is 9.05. The molecule has 1 aromatic heterocycles. The van der Waals surface area contributed by atoms with Crippen LogP contribution in [-0.2, 0) is 16.6 Å². The van der Waals surface area contributed by atoms with Gasteiger partial charge in [-0.1, -0.05) is 12.1 Å². The Labute approximate surface area is 128 Å². The molecular formula is C13H18N4O2S2. The Morgan fingerprint density at radius 1 is 1.38 bits per heavy atom. The fourth-order valence-corrected chi connectivity index (χ4v) is 4.05. The lowest BCUT2D eigenvalue weighted by Crippen LogP contribution is -2.27. The number of rotatable bonds is 7. The Kier molecular flexibility index (Phi) is 5.27. The molecular weight excluding hydrogens is 308 g/mol. The van der Waals surface area contributed by atoms with E-state index < -0.39 is 10.0 Å².